The lowest BCUT2D eigenvalue weighted by Crippen LogP contribution is -2.50. The monoisotopic (exact) mass is 1420 g/mol. The van der Waals surface area contributed by atoms with E-state index in [4.69, 9.17) is 0 Å². The molecule has 6 aromatic heterocycles. The van der Waals surface area contributed by atoms with Crippen LogP contribution in [-0.4, -0.2) is 170 Å². The fraction of sp³-hybridized carbons (Fsp3) is 0.231. The minimum Gasteiger partial charge on any atom is -0.353 e. The zero-order valence-electron chi connectivity index (χ0n) is 57.7. The quantitative estimate of drug-likeness (QED) is 0.0877. The molecule has 534 valence electrons. The molecular formula is C78H72F6N18O3. The Balaban J connectivity index is 0.000000140. The molecule has 0 bridgehead atoms. The largest absolute Gasteiger partial charge is 0.353 e. The number of hydrogen-bond acceptors (Lipinski definition) is 15. The number of aryl methyl sites for hydroxylation is 3. The molecule has 12 aromatic rings. The summed E-state index contributed by atoms with van der Waals surface area (Å²) in [4.78, 5) is 78.7. The van der Waals surface area contributed by atoms with E-state index >= 15 is 0 Å². The molecule has 105 heavy (non-hydrogen) atoms. The molecule has 0 radical (unpaired) electrons. The number of amides is 3. The number of nitrogens with zero attached hydrogens (tertiary/aromatic N) is 18. The maximum Gasteiger partial charge on any atom is 0.244 e. The first-order valence-electron chi connectivity index (χ1n) is 34.2. The summed E-state index contributed by atoms with van der Waals surface area (Å²) in [5.41, 5.74) is 7.13. The lowest BCUT2D eigenvalue weighted by atomic mass is 10.2. The van der Waals surface area contributed by atoms with Crippen molar-refractivity contribution in [3.05, 3.63) is 252 Å². The number of rotatable bonds is 15. The molecule has 3 fully saturated rings. The summed E-state index contributed by atoms with van der Waals surface area (Å²) in [7, 11) is 0. The van der Waals surface area contributed by atoms with Gasteiger partial charge in [0, 0.05) is 131 Å². The van der Waals surface area contributed by atoms with Gasteiger partial charge in [0.05, 0.1) is 0 Å². The fourth-order valence-corrected chi connectivity index (χ4v) is 12.3. The second-order valence-corrected chi connectivity index (χ2v) is 25.4. The number of hydrogen-bond donors (Lipinski definition) is 0. The second kappa shape index (κ2) is 32.3. The van der Waals surface area contributed by atoms with E-state index in [1.165, 1.54) is 86.8 Å². The van der Waals surface area contributed by atoms with E-state index in [9.17, 15) is 40.7 Å². The molecule has 0 aliphatic carbocycles. The summed E-state index contributed by atoms with van der Waals surface area (Å²) in [5, 5.41) is 13.6. The van der Waals surface area contributed by atoms with Crippen LogP contribution in [0.3, 0.4) is 0 Å². The third-order valence-electron chi connectivity index (χ3n) is 18.1. The molecule has 0 N–H and O–H groups in total. The van der Waals surface area contributed by atoms with Crippen molar-refractivity contribution in [2.24, 2.45) is 0 Å². The molecular weight excluding hydrogens is 1350 g/mol. The van der Waals surface area contributed by atoms with E-state index in [1.54, 1.807) is 95.0 Å². The number of carbonyl (C=O) groups is 3. The van der Waals surface area contributed by atoms with Crippen molar-refractivity contribution in [2.45, 2.75) is 40.4 Å². The topological polar surface area (TPSA) is 201 Å². The highest BCUT2D eigenvalue weighted by molar-refractivity contribution is 5.79. The second-order valence-electron chi connectivity index (χ2n) is 25.4. The summed E-state index contributed by atoms with van der Waals surface area (Å²) < 4.78 is 85.2. The minimum atomic E-state index is -0.365. The van der Waals surface area contributed by atoms with E-state index in [0.29, 0.717) is 147 Å². The van der Waals surface area contributed by atoms with E-state index in [2.05, 4.69) is 59.9 Å². The maximum atomic E-state index is 13.5. The number of pyridine rings is 3. The molecule has 0 atom stereocenters. The molecule has 6 aromatic carbocycles. The van der Waals surface area contributed by atoms with Gasteiger partial charge >= 0.3 is 0 Å². The van der Waals surface area contributed by atoms with Gasteiger partial charge in [-0.15, -0.1) is 15.3 Å². The van der Waals surface area contributed by atoms with Crippen LogP contribution in [-0.2, 0) is 34.0 Å². The highest BCUT2D eigenvalue weighted by Crippen LogP contribution is 2.29. The van der Waals surface area contributed by atoms with Gasteiger partial charge in [0.1, 0.15) is 72.0 Å². The molecule has 21 nitrogen and oxygen atoms in total. The van der Waals surface area contributed by atoms with Crippen LogP contribution in [0.4, 0.5) is 43.8 Å². The predicted molar refractivity (Wildman–Crippen MR) is 386 cm³/mol. The molecule has 3 aliphatic heterocycles. The minimum absolute atomic E-state index is 0.0102. The van der Waals surface area contributed by atoms with Crippen LogP contribution in [0.15, 0.2) is 201 Å². The van der Waals surface area contributed by atoms with Gasteiger partial charge in [0.2, 0.25) is 17.7 Å². The predicted octanol–water partition coefficient (Wildman–Crippen LogP) is 11.8. The van der Waals surface area contributed by atoms with Crippen molar-refractivity contribution in [3.63, 3.8) is 0 Å². The third kappa shape index (κ3) is 17.6. The summed E-state index contributed by atoms with van der Waals surface area (Å²) in [6.07, 6.45) is 5.41. The zero-order chi connectivity index (χ0) is 73.1. The van der Waals surface area contributed by atoms with E-state index < -0.39 is 0 Å². The Bertz CT molecular complexity index is 4960. The van der Waals surface area contributed by atoms with Gasteiger partial charge in [-0.3, -0.25) is 14.4 Å². The summed E-state index contributed by atoms with van der Waals surface area (Å²) >= 11 is 0. The van der Waals surface area contributed by atoms with Crippen LogP contribution in [0.5, 0.6) is 0 Å². The van der Waals surface area contributed by atoms with Crippen molar-refractivity contribution in [1.29, 1.82) is 0 Å². The molecule has 0 saturated carbocycles. The van der Waals surface area contributed by atoms with Crippen LogP contribution < -0.4 is 14.7 Å². The van der Waals surface area contributed by atoms with Crippen LogP contribution in [0.25, 0.3) is 68.3 Å². The van der Waals surface area contributed by atoms with Crippen LogP contribution in [0.1, 0.15) is 16.7 Å². The molecule has 27 heteroatoms. The van der Waals surface area contributed by atoms with E-state index in [1.807, 2.05) is 68.3 Å². The third-order valence-corrected chi connectivity index (χ3v) is 18.1. The first kappa shape index (κ1) is 71.0. The number of anilines is 3. The van der Waals surface area contributed by atoms with Crippen molar-refractivity contribution < 1.29 is 40.7 Å². The Morgan fingerprint density at radius 2 is 0.667 bits per heavy atom. The lowest BCUT2D eigenvalue weighted by Gasteiger charge is -2.36. The van der Waals surface area contributed by atoms with Gasteiger partial charge in [-0.1, -0.05) is 12.1 Å². The Morgan fingerprint density at radius 3 is 0.990 bits per heavy atom. The average molecular weight is 1420 g/mol. The van der Waals surface area contributed by atoms with Gasteiger partial charge in [0.25, 0.3) is 0 Å². The Morgan fingerprint density at radius 1 is 0.333 bits per heavy atom. The normalized spacial score (nSPS) is 13.8. The van der Waals surface area contributed by atoms with Gasteiger partial charge in [-0.05, 0) is 207 Å². The van der Waals surface area contributed by atoms with Crippen LogP contribution >= 0.6 is 0 Å². The van der Waals surface area contributed by atoms with Crippen molar-refractivity contribution in [3.8, 4) is 68.3 Å². The highest BCUT2D eigenvalue weighted by atomic mass is 19.1. The molecule has 9 heterocycles. The van der Waals surface area contributed by atoms with E-state index in [0.717, 1.165) is 34.1 Å². The number of aromatic nitrogens is 12. The van der Waals surface area contributed by atoms with Crippen molar-refractivity contribution in [2.75, 3.05) is 93.2 Å². The molecule has 0 spiro atoms. The van der Waals surface area contributed by atoms with Crippen molar-refractivity contribution >= 4 is 35.2 Å². The fourth-order valence-electron chi connectivity index (χ4n) is 12.3. The Hall–Kier alpha value is -12.4. The molecule has 3 aliphatic rings. The number of piperazine rings is 3. The summed E-state index contributed by atoms with van der Waals surface area (Å²) in [6.45, 7) is 13.6. The van der Waals surface area contributed by atoms with Gasteiger partial charge in [-0.2, -0.15) is 0 Å². The standard InChI is InChI=1S/3C26H24F2N6O/c1-18-2-11-23(29-16-18)32-12-14-33(15-13-32)24(35)17-34-26(20-5-9-22(28)10-6-20)30-25(31-34)19-3-7-21(27)8-4-19;1-18-10-11-29-23(16-18)32-12-14-33(15-13-32)24(35)17-34-26(20-4-8-22(28)9-5-20)30-25(31-34)19-2-6-21(27)7-3-19;1-18-3-2-12-29-25(18)33-15-13-32(14-16-33)23(35)17-34-26(20-6-10-22(28)11-7-20)30-24(31-34)19-4-8-21(27)9-5-19/h2*2-11,16H,12-15,17H2,1H3;2-12H,13-17H2,1H3. The average Bonchev–Trinajstić information content (AvgIpc) is 1.68. The maximum absolute atomic E-state index is 13.5. The molecule has 15 rings (SSSR count). The number of halogens is 6. The molecule has 0 unspecified atom stereocenters. The summed E-state index contributed by atoms with van der Waals surface area (Å²) in [6, 6.07) is 47.1. The Labute approximate surface area is 601 Å². The van der Waals surface area contributed by atoms with E-state index in [-0.39, 0.29) is 72.3 Å². The van der Waals surface area contributed by atoms with Gasteiger partial charge in [0.15, 0.2) is 34.9 Å². The van der Waals surface area contributed by atoms with Gasteiger partial charge in [-0.25, -0.2) is 70.3 Å². The smallest absolute Gasteiger partial charge is 0.244 e. The van der Waals surface area contributed by atoms with Crippen LogP contribution in [0, 0.1) is 55.7 Å². The zero-order valence-corrected chi connectivity index (χ0v) is 57.7. The first-order valence-corrected chi connectivity index (χ1v) is 34.2. The molecule has 3 saturated heterocycles. The van der Waals surface area contributed by atoms with Crippen LogP contribution in [0.2, 0.25) is 0 Å². The number of benzene rings is 6. The van der Waals surface area contributed by atoms with Gasteiger partial charge < -0.3 is 29.4 Å². The first-order chi connectivity index (χ1) is 50.9. The Kier molecular flexibility index (Phi) is 21.8. The summed E-state index contributed by atoms with van der Waals surface area (Å²) in [5.74, 6) is 2.78. The lowest BCUT2D eigenvalue weighted by molar-refractivity contribution is -0.133. The SMILES string of the molecule is Cc1ccc(N2CCN(C(=O)Cn3nc(-c4ccc(F)cc4)nc3-c3ccc(F)cc3)CC2)nc1.Cc1cccnc1N1CCN(C(=O)Cn2nc(-c3ccc(F)cc3)nc2-c2ccc(F)cc2)CC1.Cc1ccnc(N2CCN(C(=O)Cn3nc(-c4ccc(F)cc4)nc3-c3ccc(F)cc3)CC2)c1. The molecule has 3 amide bonds. The highest BCUT2D eigenvalue weighted by Gasteiger charge is 2.29. The van der Waals surface area contributed by atoms with Crippen molar-refractivity contribution in [1.82, 2.24) is 73.9 Å². The number of carbonyl (C=O) groups excluding carboxylic acids is 3.